The third-order valence-corrected chi connectivity index (χ3v) is 16.0. The highest BCUT2D eigenvalue weighted by atomic mass is 16.6. The molecule has 472 valence electrons. The Labute approximate surface area is 504 Å². The first-order valence-corrected chi connectivity index (χ1v) is 35.8. The van der Waals surface area contributed by atoms with E-state index in [1.165, 1.54) is 250 Å². The second-order valence-corrected chi connectivity index (χ2v) is 24.1. The molecule has 0 radical (unpaired) electrons. The number of carbonyl (C=O) groups excluding carboxylic acids is 3. The molecule has 1 unspecified atom stereocenters. The monoisotopic (exact) mass is 1130 g/mol. The van der Waals surface area contributed by atoms with Crippen molar-refractivity contribution in [2.45, 2.75) is 386 Å². The summed E-state index contributed by atoms with van der Waals surface area (Å²) >= 11 is 0. The van der Waals surface area contributed by atoms with Gasteiger partial charge in [-0.05, 0) is 64.2 Å². The van der Waals surface area contributed by atoms with E-state index < -0.39 is 6.10 Å². The summed E-state index contributed by atoms with van der Waals surface area (Å²) in [5.41, 5.74) is 0. The van der Waals surface area contributed by atoms with Crippen LogP contribution in [0.15, 0.2) is 60.8 Å². The van der Waals surface area contributed by atoms with Crippen molar-refractivity contribution in [3.05, 3.63) is 60.8 Å². The summed E-state index contributed by atoms with van der Waals surface area (Å²) in [6, 6.07) is 0. The Morgan fingerprint density at radius 2 is 0.481 bits per heavy atom. The van der Waals surface area contributed by atoms with Crippen LogP contribution >= 0.6 is 0 Å². The maximum absolute atomic E-state index is 12.9. The Bertz CT molecular complexity index is 1440. The van der Waals surface area contributed by atoms with Crippen molar-refractivity contribution in [2.75, 3.05) is 13.2 Å². The summed E-state index contributed by atoms with van der Waals surface area (Å²) in [5, 5.41) is 0. The van der Waals surface area contributed by atoms with Crippen LogP contribution in [-0.4, -0.2) is 37.2 Å². The maximum atomic E-state index is 12.9. The van der Waals surface area contributed by atoms with Crippen molar-refractivity contribution in [2.24, 2.45) is 0 Å². The molecule has 0 aromatic carbocycles. The first kappa shape index (κ1) is 78.1. The van der Waals surface area contributed by atoms with Crippen LogP contribution < -0.4 is 0 Å². The summed E-state index contributed by atoms with van der Waals surface area (Å²) in [5.74, 6) is -0.837. The molecule has 0 aliphatic rings. The van der Waals surface area contributed by atoms with E-state index >= 15 is 0 Å². The number of allylic oxidation sites excluding steroid dienone is 10. The van der Waals surface area contributed by atoms with Gasteiger partial charge in [0, 0.05) is 19.3 Å². The second-order valence-electron chi connectivity index (χ2n) is 24.1. The fraction of sp³-hybridized carbons (Fsp3) is 0.827. The lowest BCUT2D eigenvalue weighted by Crippen LogP contribution is -2.30. The van der Waals surface area contributed by atoms with Gasteiger partial charge in [0.1, 0.15) is 13.2 Å². The van der Waals surface area contributed by atoms with Gasteiger partial charge in [0.15, 0.2) is 6.10 Å². The van der Waals surface area contributed by atoms with Crippen molar-refractivity contribution in [3.8, 4) is 0 Å². The van der Waals surface area contributed by atoms with Gasteiger partial charge in [-0.15, -0.1) is 0 Å². The molecule has 0 bridgehead atoms. The quantitative estimate of drug-likeness (QED) is 0.0261. The van der Waals surface area contributed by atoms with E-state index in [1.54, 1.807) is 0 Å². The zero-order chi connectivity index (χ0) is 58.5. The number of hydrogen-bond donors (Lipinski definition) is 0. The molecule has 1 atom stereocenters. The molecule has 0 N–H and O–H groups in total. The Hall–Kier alpha value is -2.89. The predicted octanol–water partition coefficient (Wildman–Crippen LogP) is 24.7. The molecule has 0 aromatic heterocycles. The van der Waals surface area contributed by atoms with E-state index in [2.05, 4.69) is 81.5 Å². The van der Waals surface area contributed by atoms with E-state index in [-0.39, 0.29) is 31.1 Å². The zero-order valence-electron chi connectivity index (χ0n) is 54.3. The summed E-state index contributed by atoms with van der Waals surface area (Å²) in [4.78, 5) is 38.4. The minimum Gasteiger partial charge on any atom is -0.462 e. The van der Waals surface area contributed by atoms with Crippen LogP contribution in [0.1, 0.15) is 380 Å². The Morgan fingerprint density at radius 3 is 0.753 bits per heavy atom. The lowest BCUT2D eigenvalue weighted by Gasteiger charge is -2.18. The zero-order valence-corrected chi connectivity index (χ0v) is 54.3. The van der Waals surface area contributed by atoms with Gasteiger partial charge < -0.3 is 14.2 Å². The molecule has 81 heavy (non-hydrogen) atoms. The number of carbonyl (C=O) groups is 3. The van der Waals surface area contributed by atoms with Crippen molar-refractivity contribution in [1.82, 2.24) is 0 Å². The first-order valence-electron chi connectivity index (χ1n) is 35.8. The van der Waals surface area contributed by atoms with Crippen molar-refractivity contribution < 1.29 is 28.6 Å². The molecule has 0 fully saturated rings. The molecule has 0 aliphatic carbocycles. The molecular formula is C75H136O6. The standard InChI is InChI=1S/C75H136O6/c1-4-7-10-13-16-19-22-25-27-29-30-31-32-33-34-35-36-37-38-39-40-41-42-43-44-46-47-50-53-56-59-62-65-68-74(77)80-71-72(70-79-73(76)67-64-61-58-55-52-49-24-21-18-15-12-9-6-3)81-75(78)69-66-63-60-57-54-51-48-45-28-26-23-20-17-14-11-8-5-2/h7,10,16,19,25,27,30-31,33-34,72H,4-6,8-9,11-15,17-18,20-24,26,28-29,32,35-71H2,1-3H3/b10-7-,19-16-,27-25-,31-30-,34-33-. The minimum atomic E-state index is -0.769. The molecule has 0 spiro atoms. The molecule has 0 aromatic rings. The van der Waals surface area contributed by atoms with Crippen molar-refractivity contribution in [3.63, 3.8) is 0 Å². The van der Waals surface area contributed by atoms with Crippen molar-refractivity contribution >= 4 is 17.9 Å². The van der Waals surface area contributed by atoms with Gasteiger partial charge in [-0.1, -0.05) is 358 Å². The molecular weight excluding hydrogens is 997 g/mol. The highest BCUT2D eigenvalue weighted by Crippen LogP contribution is 2.18. The summed E-state index contributed by atoms with van der Waals surface area (Å²) < 4.78 is 17.0. The van der Waals surface area contributed by atoms with Gasteiger partial charge >= 0.3 is 17.9 Å². The number of rotatable bonds is 66. The smallest absolute Gasteiger partial charge is 0.306 e. The highest BCUT2D eigenvalue weighted by molar-refractivity contribution is 5.71. The van der Waals surface area contributed by atoms with Crippen LogP contribution in [0, 0.1) is 0 Å². The third kappa shape index (κ3) is 67.8. The Kier molecular flexibility index (Phi) is 67.1. The highest BCUT2D eigenvalue weighted by Gasteiger charge is 2.19. The number of unbranched alkanes of at least 4 members (excludes halogenated alkanes) is 45. The van der Waals surface area contributed by atoms with Gasteiger partial charge in [-0.2, -0.15) is 0 Å². The molecule has 0 aliphatic heterocycles. The normalized spacial score (nSPS) is 12.4. The van der Waals surface area contributed by atoms with E-state index in [4.69, 9.17) is 14.2 Å². The van der Waals surface area contributed by atoms with Crippen LogP contribution in [0.4, 0.5) is 0 Å². The van der Waals surface area contributed by atoms with Crippen LogP contribution in [0.2, 0.25) is 0 Å². The van der Waals surface area contributed by atoms with E-state index in [1.807, 2.05) is 0 Å². The maximum Gasteiger partial charge on any atom is 0.306 e. The van der Waals surface area contributed by atoms with Gasteiger partial charge in [0.05, 0.1) is 0 Å². The van der Waals surface area contributed by atoms with Gasteiger partial charge in [-0.3, -0.25) is 14.4 Å². The largest absolute Gasteiger partial charge is 0.462 e. The Morgan fingerprint density at radius 1 is 0.259 bits per heavy atom. The summed E-state index contributed by atoms with van der Waals surface area (Å²) in [7, 11) is 0. The number of hydrogen-bond acceptors (Lipinski definition) is 6. The van der Waals surface area contributed by atoms with Crippen LogP contribution in [0.5, 0.6) is 0 Å². The lowest BCUT2D eigenvalue weighted by molar-refractivity contribution is -0.167. The first-order chi connectivity index (χ1) is 40.0. The second kappa shape index (κ2) is 69.6. The average Bonchev–Trinajstić information content (AvgIpc) is 3.46. The van der Waals surface area contributed by atoms with E-state index in [0.717, 1.165) is 89.9 Å². The molecule has 6 nitrogen and oxygen atoms in total. The molecule has 0 amide bonds. The van der Waals surface area contributed by atoms with Crippen LogP contribution in [0.3, 0.4) is 0 Å². The molecule has 0 rings (SSSR count). The van der Waals surface area contributed by atoms with Gasteiger partial charge in [-0.25, -0.2) is 0 Å². The Balaban J connectivity index is 4.13. The summed E-state index contributed by atoms with van der Waals surface area (Å²) in [6.07, 6.45) is 89.7. The third-order valence-electron chi connectivity index (χ3n) is 16.0. The van der Waals surface area contributed by atoms with Gasteiger partial charge in [0.25, 0.3) is 0 Å². The molecule has 0 saturated heterocycles. The SMILES string of the molecule is CC/C=C\C/C=C\C/C=C\C/C=C\C/C=C\CCCCCCCCCCCCCCCCCCCC(=O)OCC(COC(=O)CCCCCCCCCCCCCCC)OC(=O)CCCCCCCCCCCCCCCCCCC. The van der Waals surface area contributed by atoms with Gasteiger partial charge in [0.2, 0.25) is 0 Å². The number of esters is 3. The van der Waals surface area contributed by atoms with Crippen molar-refractivity contribution in [1.29, 1.82) is 0 Å². The topological polar surface area (TPSA) is 78.9 Å². The fourth-order valence-corrected chi connectivity index (χ4v) is 10.7. The summed E-state index contributed by atoms with van der Waals surface area (Å²) in [6.45, 7) is 6.59. The van der Waals surface area contributed by atoms with Crippen LogP contribution in [-0.2, 0) is 28.6 Å². The molecule has 0 saturated carbocycles. The number of ether oxygens (including phenoxy) is 3. The minimum absolute atomic E-state index is 0.0658. The molecule has 6 heteroatoms. The fourth-order valence-electron chi connectivity index (χ4n) is 10.7. The van der Waals surface area contributed by atoms with E-state index in [9.17, 15) is 14.4 Å². The lowest BCUT2D eigenvalue weighted by atomic mass is 10.0. The predicted molar refractivity (Wildman–Crippen MR) is 353 cm³/mol. The van der Waals surface area contributed by atoms with E-state index in [0.29, 0.717) is 19.3 Å². The van der Waals surface area contributed by atoms with Crippen LogP contribution in [0.25, 0.3) is 0 Å². The molecule has 0 heterocycles. The average molecular weight is 1130 g/mol.